The number of benzene rings is 2. The quantitative estimate of drug-likeness (QED) is 0.720. The van der Waals surface area contributed by atoms with E-state index < -0.39 is 11.9 Å². The van der Waals surface area contributed by atoms with Gasteiger partial charge in [0.1, 0.15) is 11.9 Å². The summed E-state index contributed by atoms with van der Waals surface area (Å²) >= 11 is 0. The molecule has 1 atom stereocenters. The van der Waals surface area contributed by atoms with Crippen molar-refractivity contribution in [2.24, 2.45) is 0 Å². The lowest BCUT2D eigenvalue weighted by Crippen LogP contribution is -2.50. The van der Waals surface area contributed by atoms with Gasteiger partial charge in [-0.2, -0.15) is 0 Å². The number of nitrogens with zero attached hydrogens (tertiary/aromatic N) is 2. The van der Waals surface area contributed by atoms with Crippen LogP contribution in [0.15, 0.2) is 71.9 Å². The van der Waals surface area contributed by atoms with E-state index in [9.17, 15) is 14.7 Å². The number of methoxy groups -OCH3 is 1. The Morgan fingerprint density at radius 1 is 1.07 bits per heavy atom. The molecule has 0 radical (unpaired) electrons. The van der Waals surface area contributed by atoms with E-state index in [4.69, 9.17) is 4.74 Å². The molecular weight excluding hydrogens is 368 g/mol. The highest BCUT2D eigenvalue weighted by atomic mass is 16.5. The second-order valence-electron chi connectivity index (χ2n) is 6.94. The van der Waals surface area contributed by atoms with Crippen molar-refractivity contribution in [3.63, 3.8) is 0 Å². The van der Waals surface area contributed by atoms with Gasteiger partial charge in [0, 0.05) is 18.8 Å². The molecule has 0 amide bonds. The number of rotatable bonds is 7. The average Bonchev–Trinajstić information content (AvgIpc) is 2.77. The molecule has 0 aliphatic carbocycles. The van der Waals surface area contributed by atoms with Gasteiger partial charge in [-0.3, -0.25) is 4.90 Å². The number of carboxylic acid groups (broad SMARTS) is 1. The molecule has 0 aromatic heterocycles. The summed E-state index contributed by atoms with van der Waals surface area (Å²) in [4.78, 5) is 28.8. The monoisotopic (exact) mass is 394 g/mol. The third kappa shape index (κ3) is 4.32. The molecule has 1 N–H and O–H groups in total. The lowest BCUT2D eigenvalue weighted by Gasteiger charge is -2.45. The minimum absolute atomic E-state index is 0.0454. The van der Waals surface area contributed by atoms with Crippen LogP contribution in [0, 0.1) is 0 Å². The Morgan fingerprint density at radius 2 is 1.69 bits per heavy atom. The number of hydrogen-bond donors (Lipinski definition) is 1. The van der Waals surface area contributed by atoms with Crippen LogP contribution in [0.4, 0.5) is 5.69 Å². The van der Waals surface area contributed by atoms with E-state index >= 15 is 0 Å². The van der Waals surface area contributed by atoms with Gasteiger partial charge in [-0.15, -0.1) is 0 Å². The molecule has 1 aliphatic rings. The summed E-state index contributed by atoms with van der Waals surface area (Å²) in [6.07, 6.45) is 1.59. The SMILES string of the molecule is CCCCN1CC(C(=O)O)=C(C(=O)OC)N(c2ccccc2)C1c1ccccc1. The predicted octanol–water partition coefficient (Wildman–Crippen LogP) is 3.82. The molecule has 6 heteroatoms. The summed E-state index contributed by atoms with van der Waals surface area (Å²) in [5.74, 6) is -1.76. The van der Waals surface area contributed by atoms with Crippen molar-refractivity contribution in [3.05, 3.63) is 77.5 Å². The van der Waals surface area contributed by atoms with Crippen molar-refractivity contribution in [1.29, 1.82) is 0 Å². The fourth-order valence-electron chi connectivity index (χ4n) is 3.69. The largest absolute Gasteiger partial charge is 0.478 e. The first-order valence-corrected chi connectivity index (χ1v) is 9.76. The highest BCUT2D eigenvalue weighted by Gasteiger charge is 2.41. The van der Waals surface area contributed by atoms with Gasteiger partial charge in [0.25, 0.3) is 0 Å². The minimum Gasteiger partial charge on any atom is -0.478 e. The molecule has 1 unspecified atom stereocenters. The van der Waals surface area contributed by atoms with E-state index in [2.05, 4.69) is 11.8 Å². The van der Waals surface area contributed by atoms with Gasteiger partial charge < -0.3 is 14.7 Å². The van der Waals surface area contributed by atoms with Crippen LogP contribution in [-0.4, -0.2) is 42.1 Å². The van der Waals surface area contributed by atoms with E-state index in [1.54, 1.807) is 4.90 Å². The molecule has 2 aromatic carbocycles. The summed E-state index contributed by atoms with van der Waals surface area (Å²) in [6, 6.07) is 19.2. The lowest BCUT2D eigenvalue weighted by molar-refractivity contribution is -0.139. The maximum Gasteiger partial charge on any atom is 0.355 e. The van der Waals surface area contributed by atoms with Gasteiger partial charge in [0.05, 0.1) is 12.7 Å². The number of carbonyl (C=O) groups is 2. The van der Waals surface area contributed by atoms with Crippen molar-refractivity contribution >= 4 is 17.6 Å². The van der Waals surface area contributed by atoms with Crippen molar-refractivity contribution < 1.29 is 19.4 Å². The van der Waals surface area contributed by atoms with Crippen molar-refractivity contribution in [2.45, 2.75) is 25.9 Å². The van der Waals surface area contributed by atoms with E-state index in [1.807, 2.05) is 60.7 Å². The molecule has 1 aliphatic heterocycles. The zero-order valence-corrected chi connectivity index (χ0v) is 16.7. The molecule has 0 fully saturated rings. The molecule has 2 aromatic rings. The van der Waals surface area contributed by atoms with Crippen molar-refractivity contribution in [2.75, 3.05) is 25.1 Å². The molecule has 29 heavy (non-hydrogen) atoms. The number of hydrogen-bond acceptors (Lipinski definition) is 5. The Kier molecular flexibility index (Phi) is 6.67. The molecule has 6 nitrogen and oxygen atoms in total. The summed E-state index contributed by atoms with van der Waals surface area (Å²) < 4.78 is 5.00. The Balaban J connectivity index is 2.25. The van der Waals surface area contributed by atoms with Crippen LogP contribution in [-0.2, 0) is 14.3 Å². The van der Waals surface area contributed by atoms with Gasteiger partial charge >= 0.3 is 11.9 Å². The van der Waals surface area contributed by atoms with Crippen LogP contribution >= 0.6 is 0 Å². The second-order valence-corrected chi connectivity index (χ2v) is 6.94. The fraction of sp³-hybridized carbons (Fsp3) is 0.304. The highest BCUT2D eigenvalue weighted by Crippen LogP contribution is 2.39. The van der Waals surface area contributed by atoms with E-state index in [0.29, 0.717) is 6.54 Å². The number of para-hydroxylation sites is 1. The van der Waals surface area contributed by atoms with Crippen molar-refractivity contribution in [3.8, 4) is 0 Å². The number of aliphatic carboxylic acids is 1. The normalized spacial score (nSPS) is 17.3. The average molecular weight is 394 g/mol. The Hall–Kier alpha value is -3.12. The molecule has 0 spiro atoms. The first-order chi connectivity index (χ1) is 14.1. The summed E-state index contributed by atoms with van der Waals surface area (Å²) in [5.41, 5.74) is 1.84. The summed E-state index contributed by atoms with van der Waals surface area (Å²) in [6.45, 7) is 2.98. The number of esters is 1. The maximum atomic E-state index is 12.8. The summed E-state index contributed by atoms with van der Waals surface area (Å²) in [7, 11) is 1.28. The molecule has 0 saturated carbocycles. The summed E-state index contributed by atoms with van der Waals surface area (Å²) in [5, 5.41) is 9.90. The number of unbranched alkanes of at least 4 members (excludes halogenated alkanes) is 1. The van der Waals surface area contributed by atoms with Gasteiger partial charge in [-0.1, -0.05) is 61.9 Å². The minimum atomic E-state index is -1.11. The van der Waals surface area contributed by atoms with Crippen LogP contribution in [0.5, 0.6) is 0 Å². The zero-order valence-electron chi connectivity index (χ0n) is 16.7. The number of ether oxygens (including phenoxy) is 1. The van der Waals surface area contributed by atoms with Crippen LogP contribution in [0.2, 0.25) is 0 Å². The predicted molar refractivity (Wildman–Crippen MR) is 111 cm³/mol. The number of carboxylic acids is 1. The van der Waals surface area contributed by atoms with Crippen LogP contribution in [0.25, 0.3) is 0 Å². The maximum absolute atomic E-state index is 12.8. The molecule has 0 bridgehead atoms. The highest BCUT2D eigenvalue weighted by molar-refractivity contribution is 6.03. The zero-order chi connectivity index (χ0) is 20.8. The van der Waals surface area contributed by atoms with Crippen molar-refractivity contribution in [1.82, 2.24) is 4.90 Å². The van der Waals surface area contributed by atoms with E-state index in [1.165, 1.54) is 7.11 Å². The van der Waals surface area contributed by atoms with Crippen LogP contribution in [0.1, 0.15) is 31.5 Å². The Morgan fingerprint density at radius 3 is 2.24 bits per heavy atom. The van der Waals surface area contributed by atoms with E-state index in [0.717, 1.165) is 24.1 Å². The van der Waals surface area contributed by atoms with E-state index in [-0.39, 0.29) is 24.0 Å². The second kappa shape index (κ2) is 9.39. The first kappa shape index (κ1) is 20.6. The Labute approximate surface area is 171 Å². The smallest absolute Gasteiger partial charge is 0.355 e. The topological polar surface area (TPSA) is 70.1 Å². The molecule has 152 valence electrons. The third-order valence-electron chi connectivity index (χ3n) is 5.05. The fourth-order valence-corrected chi connectivity index (χ4v) is 3.69. The standard InChI is InChI=1S/C23H26N2O4/c1-3-4-15-24-16-19(22(26)27)20(23(28)29-2)25(18-13-9-6-10-14-18)21(24)17-11-7-5-8-12-17/h5-14,21H,3-4,15-16H2,1-2H3,(H,26,27). The Bertz CT molecular complexity index is 880. The lowest BCUT2D eigenvalue weighted by atomic mass is 10.00. The van der Waals surface area contributed by atoms with Gasteiger partial charge in [0.15, 0.2) is 0 Å². The molecular formula is C23H26N2O4. The van der Waals surface area contributed by atoms with Crippen LogP contribution < -0.4 is 4.90 Å². The van der Waals surface area contributed by atoms with Gasteiger partial charge in [0.2, 0.25) is 0 Å². The van der Waals surface area contributed by atoms with Gasteiger partial charge in [-0.25, -0.2) is 9.59 Å². The third-order valence-corrected chi connectivity index (χ3v) is 5.05. The number of anilines is 1. The van der Waals surface area contributed by atoms with Gasteiger partial charge in [-0.05, 0) is 24.1 Å². The first-order valence-electron chi connectivity index (χ1n) is 9.76. The molecule has 3 rings (SSSR count). The molecule has 1 heterocycles. The van der Waals surface area contributed by atoms with Crippen LogP contribution in [0.3, 0.4) is 0 Å². The molecule has 0 saturated heterocycles. The number of carbonyl (C=O) groups excluding carboxylic acids is 1.